The van der Waals surface area contributed by atoms with Crippen LogP contribution in [0.2, 0.25) is 0 Å². The molecule has 2 fully saturated rings. The van der Waals surface area contributed by atoms with Crippen molar-refractivity contribution < 1.29 is 0 Å². The van der Waals surface area contributed by atoms with Crippen molar-refractivity contribution in [1.29, 1.82) is 0 Å². The maximum atomic E-state index is 2.50. The van der Waals surface area contributed by atoms with E-state index in [4.69, 9.17) is 0 Å². The van der Waals surface area contributed by atoms with Crippen molar-refractivity contribution in [3.05, 3.63) is 0 Å². The van der Waals surface area contributed by atoms with E-state index < -0.39 is 0 Å². The topological polar surface area (TPSA) is 0 Å². The minimum atomic E-state index is 0.912. The Hall–Kier alpha value is 0. The lowest BCUT2D eigenvalue weighted by Crippen LogP contribution is -2.39. The van der Waals surface area contributed by atoms with Crippen LogP contribution in [-0.4, -0.2) is 0 Å². The summed E-state index contributed by atoms with van der Waals surface area (Å²) in [6.45, 7) is 9.85. The molecule has 0 nitrogen and oxygen atoms in total. The lowest BCUT2D eigenvalue weighted by atomic mass is 9.57. The SMILES string of the molecule is CC1CC[C@@H]2C(C)CC[C@@H](C(C)C)[C@@H]2C1. The summed E-state index contributed by atoms with van der Waals surface area (Å²) < 4.78 is 0. The molecule has 2 saturated carbocycles. The lowest BCUT2D eigenvalue weighted by Gasteiger charge is -2.48. The first kappa shape index (κ1) is 11.5. The van der Waals surface area contributed by atoms with Gasteiger partial charge in [0.25, 0.3) is 0 Å². The number of hydrogen-bond acceptors (Lipinski definition) is 0. The third-order valence-corrected chi connectivity index (χ3v) is 5.31. The lowest BCUT2D eigenvalue weighted by molar-refractivity contribution is 0.0182. The molecule has 0 aromatic carbocycles. The van der Waals surface area contributed by atoms with Gasteiger partial charge in [0.05, 0.1) is 0 Å². The molecular formula is C15H28. The van der Waals surface area contributed by atoms with E-state index in [1.54, 1.807) is 0 Å². The molecule has 2 unspecified atom stereocenters. The molecule has 0 bridgehead atoms. The van der Waals surface area contributed by atoms with Gasteiger partial charge < -0.3 is 0 Å². The average molecular weight is 208 g/mol. The van der Waals surface area contributed by atoms with Crippen molar-refractivity contribution in [2.24, 2.45) is 35.5 Å². The Morgan fingerprint density at radius 1 is 0.867 bits per heavy atom. The van der Waals surface area contributed by atoms with Gasteiger partial charge in [0, 0.05) is 0 Å². The van der Waals surface area contributed by atoms with Crippen molar-refractivity contribution >= 4 is 0 Å². The van der Waals surface area contributed by atoms with Crippen LogP contribution in [-0.2, 0) is 0 Å². The van der Waals surface area contributed by atoms with Gasteiger partial charge in [-0.25, -0.2) is 0 Å². The van der Waals surface area contributed by atoms with E-state index in [1.165, 1.54) is 32.1 Å². The predicted octanol–water partition coefficient (Wildman–Crippen LogP) is 4.74. The fourth-order valence-corrected chi connectivity index (χ4v) is 4.36. The van der Waals surface area contributed by atoms with Crippen molar-refractivity contribution in [2.45, 2.75) is 59.8 Å². The van der Waals surface area contributed by atoms with Gasteiger partial charge in [0.1, 0.15) is 0 Å². The first-order chi connectivity index (χ1) is 7.09. The second-order valence-corrected chi connectivity index (χ2v) is 6.71. The number of fused-ring (bicyclic) bond motifs is 1. The Labute approximate surface area is 95.8 Å². The monoisotopic (exact) mass is 208 g/mol. The molecule has 15 heavy (non-hydrogen) atoms. The average Bonchev–Trinajstić information content (AvgIpc) is 2.17. The van der Waals surface area contributed by atoms with Crippen molar-refractivity contribution in [3.8, 4) is 0 Å². The molecule has 5 atom stereocenters. The van der Waals surface area contributed by atoms with Gasteiger partial charge in [-0.15, -0.1) is 0 Å². The molecular weight excluding hydrogens is 180 g/mol. The van der Waals surface area contributed by atoms with Crippen molar-refractivity contribution in [1.82, 2.24) is 0 Å². The van der Waals surface area contributed by atoms with Crippen LogP contribution in [0.15, 0.2) is 0 Å². The molecule has 2 aliphatic rings. The first-order valence-corrected chi connectivity index (χ1v) is 7.09. The highest BCUT2D eigenvalue weighted by Crippen LogP contribution is 2.50. The van der Waals surface area contributed by atoms with Crippen LogP contribution in [0.5, 0.6) is 0 Å². The molecule has 0 aliphatic heterocycles. The minimum Gasteiger partial charge on any atom is -0.0625 e. The van der Waals surface area contributed by atoms with Crippen LogP contribution in [0, 0.1) is 35.5 Å². The molecule has 88 valence electrons. The first-order valence-electron chi connectivity index (χ1n) is 7.09. The van der Waals surface area contributed by atoms with E-state index in [9.17, 15) is 0 Å². The molecule has 2 aliphatic carbocycles. The maximum Gasteiger partial charge on any atom is -0.0350 e. The van der Waals surface area contributed by atoms with E-state index in [1.807, 2.05) is 0 Å². The Bertz CT molecular complexity index is 202. The summed E-state index contributed by atoms with van der Waals surface area (Å²) in [6, 6.07) is 0. The maximum absolute atomic E-state index is 2.50. The van der Waals surface area contributed by atoms with Crippen LogP contribution in [0.3, 0.4) is 0 Å². The van der Waals surface area contributed by atoms with Gasteiger partial charge in [-0.3, -0.25) is 0 Å². The zero-order valence-corrected chi connectivity index (χ0v) is 11.0. The highest BCUT2D eigenvalue weighted by Gasteiger charge is 2.41. The quantitative estimate of drug-likeness (QED) is 0.584. The zero-order valence-electron chi connectivity index (χ0n) is 11.0. The van der Waals surface area contributed by atoms with Gasteiger partial charge in [-0.2, -0.15) is 0 Å². The summed E-state index contributed by atoms with van der Waals surface area (Å²) in [5.41, 5.74) is 0. The summed E-state index contributed by atoms with van der Waals surface area (Å²) in [4.78, 5) is 0. The Kier molecular flexibility index (Phi) is 3.42. The summed E-state index contributed by atoms with van der Waals surface area (Å²) in [5.74, 6) is 6.10. The number of hydrogen-bond donors (Lipinski definition) is 0. The zero-order chi connectivity index (χ0) is 11.0. The fourth-order valence-electron chi connectivity index (χ4n) is 4.36. The summed E-state index contributed by atoms with van der Waals surface area (Å²) in [7, 11) is 0. The largest absolute Gasteiger partial charge is 0.0625 e. The molecule has 0 N–H and O–H groups in total. The van der Waals surface area contributed by atoms with E-state index >= 15 is 0 Å². The Morgan fingerprint density at radius 2 is 1.60 bits per heavy atom. The molecule has 0 radical (unpaired) electrons. The van der Waals surface area contributed by atoms with Crippen LogP contribution < -0.4 is 0 Å². The third kappa shape index (κ3) is 2.24. The molecule has 2 rings (SSSR count). The van der Waals surface area contributed by atoms with E-state index in [-0.39, 0.29) is 0 Å². The van der Waals surface area contributed by atoms with Crippen molar-refractivity contribution in [3.63, 3.8) is 0 Å². The standard InChI is InChI=1S/C15H28/c1-10(2)13-8-6-12(4)14-7-5-11(3)9-15(13)14/h10-15H,5-9H2,1-4H3/t11?,12?,13-,14+,15-/m0/s1. The molecule has 0 heterocycles. The molecule has 0 heteroatoms. The van der Waals surface area contributed by atoms with E-state index in [0.29, 0.717) is 0 Å². The molecule has 0 aromatic heterocycles. The van der Waals surface area contributed by atoms with Crippen LogP contribution in [0.4, 0.5) is 0 Å². The summed E-state index contributed by atoms with van der Waals surface area (Å²) in [6.07, 6.45) is 7.55. The van der Waals surface area contributed by atoms with Crippen LogP contribution in [0.1, 0.15) is 59.8 Å². The van der Waals surface area contributed by atoms with Crippen LogP contribution >= 0.6 is 0 Å². The van der Waals surface area contributed by atoms with Gasteiger partial charge in [-0.1, -0.05) is 40.5 Å². The second-order valence-electron chi connectivity index (χ2n) is 6.71. The number of rotatable bonds is 1. The highest BCUT2D eigenvalue weighted by atomic mass is 14.5. The Balaban J connectivity index is 2.10. The van der Waals surface area contributed by atoms with Gasteiger partial charge in [0.15, 0.2) is 0 Å². The molecule has 0 saturated heterocycles. The highest BCUT2D eigenvalue weighted by molar-refractivity contribution is 4.90. The van der Waals surface area contributed by atoms with E-state index in [0.717, 1.165) is 35.5 Å². The normalized spacial score (nSPS) is 46.6. The van der Waals surface area contributed by atoms with Gasteiger partial charge in [-0.05, 0) is 54.8 Å². The third-order valence-electron chi connectivity index (χ3n) is 5.31. The van der Waals surface area contributed by atoms with Gasteiger partial charge >= 0.3 is 0 Å². The molecule has 0 spiro atoms. The predicted molar refractivity (Wildman–Crippen MR) is 66.7 cm³/mol. The minimum absolute atomic E-state index is 0.912. The van der Waals surface area contributed by atoms with Crippen LogP contribution in [0.25, 0.3) is 0 Å². The smallest absolute Gasteiger partial charge is 0.0350 e. The summed E-state index contributed by atoms with van der Waals surface area (Å²) in [5, 5.41) is 0. The Morgan fingerprint density at radius 3 is 2.27 bits per heavy atom. The summed E-state index contributed by atoms with van der Waals surface area (Å²) >= 11 is 0. The second kappa shape index (κ2) is 4.47. The molecule has 0 amide bonds. The molecule has 0 aromatic rings. The fraction of sp³-hybridized carbons (Fsp3) is 1.00. The van der Waals surface area contributed by atoms with Crippen molar-refractivity contribution in [2.75, 3.05) is 0 Å². The van der Waals surface area contributed by atoms with Gasteiger partial charge in [0.2, 0.25) is 0 Å². The van der Waals surface area contributed by atoms with E-state index in [2.05, 4.69) is 27.7 Å².